The van der Waals surface area contributed by atoms with E-state index in [2.05, 4.69) is 40.6 Å². The minimum absolute atomic E-state index is 0.166. The van der Waals surface area contributed by atoms with Gasteiger partial charge in [0.15, 0.2) is 5.60 Å². The number of thiophene rings is 1. The fourth-order valence-electron chi connectivity index (χ4n) is 3.12. The van der Waals surface area contributed by atoms with Gasteiger partial charge in [-0.05, 0) is 23.6 Å². The van der Waals surface area contributed by atoms with Crippen LogP contribution in [0.25, 0.3) is 10.9 Å². The van der Waals surface area contributed by atoms with Crippen LogP contribution in [0.1, 0.15) is 23.4 Å². The van der Waals surface area contributed by atoms with Crippen LogP contribution in [0.5, 0.6) is 0 Å². The number of aliphatic hydroxyl groups excluding tert-OH is 1. The minimum Gasteiger partial charge on any atom is -0.481 e. The highest BCUT2D eigenvalue weighted by molar-refractivity contribution is 7.09. The molecule has 3 aromatic rings. The van der Waals surface area contributed by atoms with Gasteiger partial charge in [-0.1, -0.05) is 30.3 Å². The molecule has 0 saturated carbocycles. The van der Waals surface area contributed by atoms with Crippen molar-refractivity contribution in [2.45, 2.75) is 31.5 Å². The second kappa shape index (κ2) is 12.8. The Morgan fingerprint density at radius 1 is 0.912 bits per heavy atom. The normalized spacial score (nSPS) is 11.1. The lowest BCUT2D eigenvalue weighted by Crippen LogP contribution is -2.42. The third kappa shape index (κ3) is 8.52. The highest BCUT2D eigenvalue weighted by Crippen LogP contribution is 2.17. The maximum absolute atomic E-state index is 10.3. The Morgan fingerprint density at radius 2 is 1.59 bits per heavy atom. The number of nitrogens with zero attached hydrogens (tertiary/aromatic N) is 2. The molecular weight excluding hydrogens is 464 g/mol. The summed E-state index contributed by atoms with van der Waals surface area (Å²) in [4.78, 5) is 38.7. The van der Waals surface area contributed by atoms with Crippen molar-refractivity contribution in [3.05, 3.63) is 64.5 Å². The van der Waals surface area contributed by atoms with Crippen LogP contribution in [0, 0.1) is 0 Å². The summed E-state index contributed by atoms with van der Waals surface area (Å²) in [5, 5.41) is 46.3. The molecule has 0 bridgehead atoms. The minimum atomic E-state index is -2.74. The van der Waals surface area contributed by atoms with Crippen molar-refractivity contribution in [3.8, 4) is 0 Å². The van der Waals surface area contributed by atoms with Crippen LogP contribution in [-0.2, 0) is 27.5 Å². The highest BCUT2D eigenvalue weighted by atomic mass is 32.1. The van der Waals surface area contributed by atoms with E-state index in [-0.39, 0.29) is 6.61 Å². The molecule has 0 unspecified atom stereocenters. The maximum atomic E-state index is 10.3. The SMILES string of the molecule is O=C(O)CC(O)(CC(=O)O)C(=O)O.OCCN(Cc1ccc2ccccc2n1)Cc1cccs1. The Balaban J connectivity index is 0.000000273. The predicted molar refractivity (Wildman–Crippen MR) is 124 cm³/mol. The van der Waals surface area contributed by atoms with Crippen LogP contribution in [0.4, 0.5) is 0 Å². The lowest BCUT2D eigenvalue weighted by molar-refractivity contribution is -0.170. The van der Waals surface area contributed by atoms with Gasteiger partial charge in [-0.25, -0.2) is 4.79 Å². The fourth-order valence-corrected chi connectivity index (χ4v) is 3.86. The van der Waals surface area contributed by atoms with E-state index in [0.29, 0.717) is 6.54 Å². The summed E-state index contributed by atoms with van der Waals surface area (Å²) in [5.41, 5.74) is -0.675. The lowest BCUT2D eigenvalue weighted by atomic mass is 9.96. The zero-order chi connectivity index (χ0) is 25.1. The summed E-state index contributed by atoms with van der Waals surface area (Å²) < 4.78 is 0. The number of fused-ring (bicyclic) bond motifs is 1. The predicted octanol–water partition coefficient (Wildman–Crippen LogP) is 2.04. The zero-order valence-electron chi connectivity index (χ0n) is 18.2. The molecule has 3 rings (SSSR count). The van der Waals surface area contributed by atoms with Gasteiger partial charge >= 0.3 is 17.9 Å². The smallest absolute Gasteiger partial charge is 0.336 e. The summed E-state index contributed by atoms with van der Waals surface area (Å²) in [5.74, 6) is -5.02. The molecule has 34 heavy (non-hydrogen) atoms. The Kier molecular flexibility index (Phi) is 10.1. The molecule has 0 aliphatic heterocycles. The number of benzene rings is 1. The Morgan fingerprint density at radius 3 is 2.15 bits per heavy atom. The summed E-state index contributed by atoms with van der Waals surface area (Å²) in [6.45, 7) is 2.43. The van der Waals surface area contributed by atoms with E-state index >= 15 is 0 Å². The highest BCUT2D eigenvalue weighted by Gasteiger charge is 2.40. The Labute approximate surface area is 199 Å². The zero-order valence-corrected chi connectivity index (χ0v) is 19.0. The molecule has 2 aromatic heterocycles. The first kappa shape index (κ1) is 26.9. The van der Waals surface area contributed by atoms with E-state index in [1.807, 2.05) is 18.2 Å². The van der Waals surface area contributed by atoms with Gasteiger partial charge in [-0.3, -0.25) is 19.5 Å². The molecule has 5 N–H and O–H groups in total. The van der Waals surface area contributed by atoms with Crippen LogP contribution in [0.2, 0.25) is 0 Å². The first-order chi connectivity index (χ1) is 16.1. The van der Waals surface area contributed by atoms with Gasteiger partial charge in [0.25, 0.3) is 0 Å². The molecule has 182 valence electrons. The second-order valence-electron chi connectivity index (χ2n) is 7.49. The topological polar surface area (TPSA) is 168 Å². The van der Waals surface area contributed by atoms with Crippen molar-refractivity contribution < 1.29 is 39.9 Å². The first-order valence-electron chi connectivity index (χ1n) is 10.2. The number of hydrogen-bond donors (Lipinski definition) is 5. The van der Waals surface area contributed by atoms with E-state index in [4.69, 9.17) is 25.4 Å². The third-order valence-electron chi connectivity index (χ3n) is 4.70. The van der Waals surface area contributed by atoms with Crippen molar-refractivity contribution in [1.82, 2.24) is 9.88 Å². The van der Waals surface area contributed by atoms with E-state index in [1.165, 1.54) is 4.88 Å². The van der Waals surface area contributed by atoms with Crippen molar-refractivity contribution in [2.75, 3.05) is 13.2 Å². The van der Waals surface area contributed by atoms with Gasteiger partial charge in [-0.15, -0.1) is 11.3 Å². The number of carboxylic acids is 3. The molecule has 10 nitrogen and oxygen atoms in total. The van der Waals surface area contributed by atoms with E-state index < -0.39 is 36.4 Å². The molecule has 0 radical (unpaired) electrons. The van der Waals surface area contributed by atoms with Gasteiger partial charge in [0.2, 0.25) is 0 Å². The Hall–Kier alpha value is -3.38. The number of aromatic nitrogens is 1. The standard InChI is InChI=1S/C17H18N2OS.C6H8O7/c20-10-9-19(13-16-5-3-11-21-16)12-15-8-7-14-4-1-2-6-17(14)18-15;7-3(8)1-6(13,5(11)12)2-4(9)10/h1-8,11,20H,9-10,12-13H2;13H,1-2H2,(H,7,8)(H,9,10)(H,11,12). The van der Waals surface area contributed by atoms with Gasteiger partial charge in [0.05, 0.1) is 30.7 Å². The van der Waals surface area contributed by atoms with Crippen LogP contribution >= 0.6 is 11.3 Å². The Bertz CT molecular complexity index is 1090. The molecule has 11 heteroatoms. The number of hydrogen-bond acceptors (Lipinski definition) is 8. The van der Waals surface area contributed by atoms with Crippen molar-refractivity contribution in [3.63, 3.8) is 0 Å². The van der Waals surface area contributed by atoms with Crippen LogP contribution in [0.3, 0.4) is 0 Å². The fraction of sp³-hybridized carbons (Fsp3) is 0.304. The number of aliphatic hydroxyl groups is 2. The summed E-state index contributed by atoms with van der Waals surface area (Å²) >= 11 is 1.75. The van der Waals surface area contributed by atoms with Crippen LogP contribution in [0.15, 0.2) is 53.9 Å². The first-order valence-corrected chi connectivity index (χ1v) is 11.1. The van der Waals surface area contributed by atoms with Gasteiger partial charge < -0.3 is 25.5 Å². The van der Waals surface area contributed by atoms with Gasteiger partial charge in [0, 0.05) is 29.9 Å². The average Bonchev–Trinajstić information content (AvgIpc) is 3.26. The number of pyridine rings is 1. The van der Waals surface area contributed by atoms with E-state index in [1.54, 1.807) is 11.3 Å². The van der Waals surface area contributed by atoms with Crippen molar-refractivity contribution >= 4 is 40.1 Å². The monoisotopic (exact) mass is 490 g/mol. The number of rotatable bonds is 11. The molecule has 0 aliphatic rings. The molecule has 0 atom stereocenters. The van der Waals surface area contributed by atoms with E-state index in [0.717, 1.165) is 29.7 Å². The lowest BCUT2D eigenvalue weighted by Gasteiger charge is -2.20. The molecule has 0 fully saturated rings. The molecule has 0 amide bonds. The number of carboxylic acid groups (broad SMARTS) is 3. The number of aliphatic carboxylic acids is 3. The second-order valence-corrected chi connectivity index (χ2v) is 8.52. The van der Waals surface area contributed by atoms with Gasteiger partial charge in [0.1, 0.15) is 0 Å². The van der Waals surface area contributed by atoms with Crippen LogP contribution < -0.4 is 0 Å². The third-order valence-corrected chi connectivity index (χ3v) is 5.56. The quantitative estimate of drug-likeness (QED) is 0.268. The molecule has 0 saturated heterocycles. The molecule has 0 aliphatic carbocycles. The van der Waals surface area contributed by atoms with Crippen molar-refractivity contribution in [1.29, 1.82) is 0 Å². The number of para-hydroxylation sites is 1. The largest absolute Gasteiger partial charge is 0.481 e. The molecule has 2 heterocycles. The van der Waals surface area contributed by atoms with Crippen molar-refractivity contribution in [2.24, 2.45) is 0 Å². The summed E-state index contributed by atoms with van der Waals surface area (Å²) in [6, 6.07) is 16.5. The molecule has 0 spiro atoms. The maximum Gasteiger partial charge on any atom is 0.336 e. The number of carbonyl (C=O) groups is 3. The summed E-state index contributed by atoms with van der Waals surface area (Å²) in [7, 11) is 0. The van der Waals surface area contributed by atoms with Crippen LogP contribution in [-0.4, -0.2) is 72.1 Å². The summed E-state index contributed by atoms with van der Waals surface area (Å²) in [6.07, 6.45) is -2.29. The van der Waals surface area contributed by atoms with E-state index in [9.17, 15) is 19.5 Å². The molecular formula is C23H26N2O8S. The van der Waals surface area contributed by atoms with Gasteiger partial charge in [-0.2, -0.15) is 0 Å². The molecule has 1 aromatic carbocycles. The average molecular weight is 491 g/mol.